The van der Waals surface area contributed by atoms with Crippen LogP contribution in [0.5, 0.6) is 0 Å². The normalized spacial score (nSPS) is 17.8. The molecule has 0 N–H and O–H groups in total. The van der Waals surface area contributed by atoms with Crippen LogP contribution in [0.1, 0.15) is 51.9 Å². The Morgan fingerprint density at radius 3 is 2.41 bits per heavy atom. The first-order valence-corrected chi connectivity index (χ1v) is 6.64. The summed E-state index contributed by atoms with van der Waals surface area (Å²) in [5.41, 5.74) is 0.479. The summed E-state index contributed by atoms with van der Waals surface area (Å²) in [7, 11) is 0. The van der Waals surface area contributed by atoms with E-state index in [2.05, 4.69) is 6.58 Å². The topological polar surface area (TPSA) is 38.8 Å². The highest BCUT2D eigenvalue weighted by atomic mass is 16.6. The summed E-state index contributed by atoms with van der Waals surface area (Å²) in [6, 6.07) is 0. The Bertz CT molecular complexity index is 244. The number of epoxide rings is 1. The summed E-state index contributed by atoms with van der Waals surface area (Å²) in [6.07, 6.45) is 9.01. The molecule has 3 heteroatoms. The first-order valence-electron chi connectivity index (χ1n) is 6.64. The van der Waals surface area contributed by atoms with E-state index in [0.717, 1.165) is 19.4 Å². The van der Waals surface area contributed by atoms with Crippen molar-refractivity contribution in [2.45, 2.75) is 58.0 Å². The summed E-state index contributed by atoms with van der Waals surface area (Å²) >= 11 is 0. The molecule has 1 atom stereocenters. The number of hydrogen-bond acceptors (Lipinski definition) is 3. The Hall–Kier alpha value is -0.830. The van der Waals surface area contributed by atoms with Crippen LogP contribution in [0.3, 0.4) is 0 Å². The summed E-state index contributed by atoms with van der Waals surface area (Å²) in [5, 5.41) is 0. The Morgan fingerprint density at radius 2 is 1.82 bits per heavy atom. The van der Waals surface area contributed by atoms with Gasteiger partial charge < -0.3 is 9.47 Å². The fourth-order valence-corrected chi connectivity index (χ4v) is 1.70. The SMILES string of the molecule is C=C(C)C(=O)OCCCCCCCCC1CO1. The van der Waals surface area contributed by atoms with Gasteiger partial charge in [0.25, 0.3) is 0 Å². The van der Waals surface area contributed by atoms with E-state index in [9.17, 15) is 4.79 Å². The monoisotopic (exact) mass is 240 g/mol. The third kappa shape index (κ3) is 7.97. The van der Waals surface area contributed by atoms with Crippen LogP contribution in [0.25, 0.3) is 0 Å². The molecule has 0 aromatic carbocycles. The van der Waals surface area contributed by atoms with E-state index >= 15 is 0 Å². The van der Waals surface area contributed by atoms with E-state index in [1.165, 1.54) is 32.1 Å². The van der Waals surface area contributed by atoms with Gasteiger partial charge in [-0.1, -0.05) is 38.7 Å². The third-order valence-corrected chi connectivity index (χ3v) is 2.90. The number of hydrogen-bond donors (Lipinski definition) is 0. The first-order chi connectivity index (χ1) is 8.20. The smallest absolute Gasteiger partial charge is 0.333 e. The highest BCUT2D eigenvalue weighted by Crippen LogP contribution is 2.17. The van der Waals surface area contributed by atoms with Crippen LogP contribution in [0.4, 0.5) is 0 Å². The number of carbonyl (C=O) groups is 1. The molecule has 0 aliphatic carbocycles. The van der Waals surface area contributed by atoms with Gasteiger partial charge in [-0.05, 0) is 19.8 Å². The van der Waals surface area contributed by atoms with Gasteiger partial charge in [-0.25, -0.2) is 4.79 Å². The lowest BCUT2D eigenvalue weighted by atomic mass is 10.1. The van der Waals surface area contributed by atoms with Crippen molar-refractivity contribution in [3.05, 3.63) is 12.2 Å². The fraction of sp³-hybridized carbons (Fsp3) is 0.786. The van der Waals surface area contributed by atoms with Crippen molar-refractivity contribution in [2.75, 3.05) is 13.2 Å². The molecule has 0 radical (unpaired) electrons. The number of unbranched alkanes of at least 4 members (excludes halogenated alkanes) is 5. The van der Waals surface area contributed by atoms with E-state index in [-0.39, 0.29) is 5.97 Å². The van der Waals surface area contributed by atoms with Gasteiger partial charge in [0, 0.05) is 5.57 Å². The fourth-order valence-electron chi connectivity index (χ4n) is 1.70. The third-order valence-electron chi connectivity index (χ3n) is 2.90. The molecular formula is C14H24O3. The minimum Gasteiger partial charge on any atom is -0.462 e. The van der Waals surface area contributed by atoms with Crippen LogP contribution >= 0.6 is 0 Å². The number of esters is 1. The molecule has 0 spiro atoms. The Balaban J connectivity index is 1.74. The average molecular weight is 240 g/mol. The molecule has 3 nitrogen and oxygen atoms in total. The molecule has 1 unspecified atom stereocenters. The predicted molar refractivity (Wildman–Crippen MR) is 67.8 cm³/mol. The average Bonchev–Trinajstić information content (AvgIpc) is 3.10. The highest BCUT2D eigenvalue weighted by molar-refractivity contribution is 5.86. The van der Waals surface area contributed by atoms with Crippen LogP contribution in [-0.2, 0) is 14.3 Å². The quantitative estimate of drug-likeness (QED) is 0.255. The van der Waals surface area contributed by atoms with Crippen molar-refractivity contribution in [3.63, 3.8) is 0 Å². The lowest BCUT2D eigenvalue weighted by molar-refractivity contribution is -0.139. The molecule has 0 saturated carbocycles. The molecule has 1 fully saturated rings. The van der Waals surface area contributed by atoms with Gasteiger partial charge in [0.15, 0.2) is 0 Å². The maximum absolute atomic E-state index is 11.1. The minimum absolute atomic E-state index is 0.269. The van der Waals surface area contributed by atoms with Crippen LogP contribution in [0.15, 0.2) is 12.2 Å². The minimum atomic E-state index is -0.269. The highest BCUT2D eigenvalue weighted by Gasteiger charge is 2.20. The largest absolute Gasteiger partial charge is 0.462 e. The lowest BCUT2D eigenvalue weighted by Crippen LogP contribution is -2.05. The van der Waals surface area contributed by atoms with E-state index in [1.807, 2.05) is 0 Å². The molecule has 0 aromatic heterocycles. The molecule has 0 amide bonds. The zero-order valence-electron chi connectivity index (χ0n) is 10.9. The van der Waals surface area contributed by atoms with Crippen LogP contribution in [0, 0.1) is 0 Å². The molecular weight excluding hydrogens is 216 g/mol. The lowest BCUT2D eigenvalue weighted by Gasteiger charge is -2.04. The number of rotatable bonds is 10. The standard InChI is InChI=1S/C14H24O3/c1-12(2)14(15)16-10-8-6-4-3-5-7-9-13-11-17-13/h13H,1,3-11H2,2H3. The molecule has 17 heavy (non-hydrogen) atoms. The van der Waals surface area contributed by atoms with E-state index in [0.29, 0.717) is 18.3 Å². The Morgan fingerprint density at radius 1 is 1.24 bits per heavy atom. The van der Waals surface area contributed by atoms with Crippen molar-refractivity contribution in [1.29, 1.82) is 0 Å². The Kier molecular flexibility index (Phi) is 6.94. The van der Waals surface area contributed by atoms with Gasteiger partial charge in [0.2, 0.25) is 0 Å². The molecule has 1 rings (SSSR count). The maximum Gasteiger partial charge on any atom is 0.333 e. The van der Waals surface area contributed by atoms with Crippen LogP contribution < -0.4 is 0 Å². The molecule has 1 aliphatic heterocycles. The van der Waals surface area contributed by atoms with Gasteiger partial charge in [-0.2, -0.15) is 0 Å². The molecule has 98 valence electrons. The van der Waals surface area contributed by atoms with Gasteiger partial charge in [-0.3, -0.25) is 0 Å². The van der Waals surface area contributed by atoms with Gasteiger partial charge in [0.1, 0.15) is 0 Å². The second-order valence-electron chi connectivity index (χ2n) is 4.78. The van der Waals surface area contributed by atoms with Crippen molar-refractivity contribution in [3.8, 4) is 0 Å². The van der Waals surface area contributed by atoms with E-state index in [1.54, 1.807) is 6.92 Å². The zero-order valence-corrected chi connectivity index (χ0v) is 10.9. The number of ether oxygens (including phenoxy) is 2. The molecule has 0 bridgehead atoms. The number of carbonyl (C=O) groups excluding carboxylic acids is 1. The van der Waals surface area contributed by atoms with Crippen LogP contribution in [0.2, 0.25) is 0 Å². The maximum atomic E-state index is 11.1. The molecule has 1 aliphatic rings. The van der Waals surface area contributed by atoms with Crippen molar-refractivity contribution in [1.82, 2.24) is 0 Å². The van der Waals surface area contributed by atoms with Gasteiger partial charge in [-0.15, -0.1) is 0 Å². The van der Waals surface area contributed by atoms with E-state index < -0.39 is 0 Å². The zero-order chi connectivity index (χ0) is 12.5. The van der Waals surface area contributed by atoms with Crippen LogP contribution in [-0.4, -0.2) is 25.3 Å². The van der Waals surface area contributed by atoms with Crippen molar-refractivity contribution >= 4 is 5.97 Å². The van der Waals surface area contributed by atoms with E-state index in [4.69, 9.17) is 9.47 Å². The van der Waals surface area contributed by atoms with Gasteiger partial charge in [0.05, 0.1) is 19.3 Å². The summed E-state index contributed by atoms with van der Waals surface area (Å²) in [6.45, 7) is 6.72. The molecule has 0 aromatic rings. The summed E-state index contributed by atoms with van der Waals surface area (Å²) in [5.74, 6) is -0.269. The summed E-state index contributed by atoms with van der Waals surface area (Å²) in [4.78, 5) is 11.1. The second kappa shape index (κ2) is 8.29. The molecule has 1 heterocycles. The predicted octanol–water partition coefficient (Wildman–Crippen LogP) is 3.24. The van der Waals surface area contributed by atoms with Gasteiger partial charge >= 0.3 is 5.97 Å². The summed E-state index contributed by atoms with van der Waals surface area (Å²) < 4.78 is 10.2. The Labute approximate surface area is 104 Å². The van der Waals surface area contributed by atoms with Crippen molar-refractivity contribution < 1.29 is 14.3 Å². The second-order valence-corrected chi connectivity index (χ2v) is 4.78. The van der Waals surface area contributed by atoms with Crippen molar-refractivity contribution in [2.24, 2.45) is 0 Å². The molecule has 1 saturated heterocycles. The first kappa shape index (κ1) is 14.2.